The van der Waals surface area contributed by atoms with Gasteiger partial charge in [-0.25, -0.2) is 8.42 Å². The van der Waals surface area contributed by atoms with E-state index in [1.54, 1.807) is 18.9 Å². The molecular formula is C15H22N2O3S. The predicted molar refractivity (Wildman–Crippen MR) is 84.3 cm³/mol. The lowest BCUT2D eigenvalue weighted by Crippen LogP contribution is -2.35. The topological polar surface area (TPSA) is 66.5 Å². The minimum Gasteiger partial charge on any atom is -0.315 e. The molecular weight excluding hydrogens is 288 g/mol. The summed E-state index contributed by atoms with van der Waals surface area (Å²) < 4.78 is 23.7. The number of likely N-dealkylation sites (N-methyl/N-ethyl adjacent to an activating group) is 1. The first-order chi connectivity index (χ1) is 9.75. The summed E-state index contributed by atoms with van der Waals surface area (Å²) in [5, 5.41) is 2.72. The van der Waals surface area contributed by atoms with Crippen LogP contribution >= 0.6 is 0 Å². The highest BCUT2D eigenvalue weighted by Gasteiger charge is 2.29. The van der Waals surface area contributed by atoms with Crippen molar-refractivity contribution in [2.24, 2.45) is 0 Å². The minimum atomic E-state index is -3.15. The molecule has 0 radical (unpaired) electrons. The first-order valence-electron chi connectivity index (χ1n) is 7.07. The Bertz CT molecular complexity index is 655. The molecule has 6 heteroatoms. The maximum atomic E-state index is 11.9. The van der Waals surface area contributed by atoms with Crippen LogP contribution in [0.5, 0.6) is 0 Å². The number of amides is 1. The van der Waals surface area contributed by atoms with Gasteiger partial charge < -0.3 is 10.2 Å². The molecule has 0 saturated carbocycles. The Labute approximate surface area is 126 Å². The maximum Gasteiger partial charge on any atom is 0.231 e. The van der Waals surface area contributed by atoms with Crippen molar-refractivity contribution in [1.82, 2.24) is 5.32 Å². The molecule has 2 atom stereocenters. The van der Waals surface area contributed by atoms with Gasteiger partial charge in [-0.3, -0.25) is 4.79 Å². The number of nitrogens with one attached hydrogen (secondary N) is 1. The second-order valence-electron chi connectivity index (χ2n) is 5.59. The van der Waals surface area contributed by atoms with E-state index in [2.05, 4.69) is 5.32 Å². The SMILES string of the molecule is CCNC(c1ccc2c(c1)CC(=O)N2C)C(C)S(C)(=O)=O. The van der Waals surface area contributed by atoms with Crippen LogP contribution in [0.25, 0.3) is 0 Å². The number of rotatable bonds is 5. The van der Waals surface area contributed by atoms with E-state index in [9.17, 15) is 13.2 Å². The first kappa shape index (κ1) is 16.0. The smallest absolute Gasteiger partial charge is 0.231 e. The number of nitrogens with zero attached hydrogens (tertiary/aromatic N) is 1. The lowest BCUT2D eigenvalue weighted by molar-refractivity contribution is -0.117. The quantitative estimate of drug-likeness (QED) is 0.890. The Balaban J connectivity index is 2.39. The highest BCUT2D eigenvalue weighted by Crippen LogP contribution is 2.31. The predicted octanol–water partition coefficient (Wildman–Crippen LogP) is 1.29. The van der Waals surface area contributed by atoms with Gasteiger partial charge in [-0.05, 0) is 30.7 Å². The van der Waals surface area contributed by atoms with Crippen LogP contribution in [0.4, 0.5) is 5.69 Å². The fraction of sp³-hybridized carbons (Fsp3) is 0.533. The van der Waals surface area contributed by atoms with Crippen molar-refractivity contribution in [2.75, 3.05) is 24.7 Å². The Morgan fingerprint density at radius 3 is 2.62 bits per heavy atom. The molecule has 0 aromatic heterocycles. The maximum absolute atomic E-state index is 11.9. The number of sulfone groups is 1. The van der Waals surface area contributed by atoms with Crippen molar-refractivity contribution in [3.63, 3.8) is 0 Å². The molecule has 1 aliphatic heterocycles. The molecule has 1 aliphatic rings. The number of hydrogen-bond donors (Lipinski definition) is 1. The zero-order valence-electron chi connectivity index (χ0n) is 12.9. The third-order valence-electron chi connectivity index (χ3n) is 4.11. The number of hydrogen-bond acceptors (Lipinski definition) is 4. The lowest BCUT2D eigenvalue weighted by Gasteiger charge is -2.24. The second-order valence-corrected chi connectivity index (χ2v) is 7.99. The monoisotopic (exact) mass is 310 g/mol. The van der Waals surface area contributed by atoms with E-state index in [4.69, 9.17) is 0 Å². The Morgan fingerprint density at radius 1 is 1.38 bits per heavy atom. The summed E-state index contributed by atoms with van der Waals surface area (Å²) in [5.74, 6) is 0.0679. The minimum absolute atomic E-state index is 0.0679. The standard InChI is InChI=1S/C15H22N2O3S/c1-5-16-15(10(2)21(4,19)20)11-6-7-13-12(8-11)9-14(18)17(13)3/h6-8,10,15-16H,5,9H2,1-4H3. The first-order valence-corrected chi connectivity index (χ1v) is 9.02. The summed E-state index contributed by atoms with van der Waals surface area (Å²) in [6, 6.07) is 5.49. The van der Waals surface area contributed by atoms with Gasteiger partial charge in [0.25, 0.3) is 0 Å². The molecule has 2 rings (SSSR count). The lowest BCUT2D eigenvalue weighted by atomic mass is 10.00. The van der Waals surface area contributed by atoms with Crippen LogP contribution in [-0.2, 0) is 21.1 Å². The normalized spacial score (nSPS) is 17.7. The van der Waals surface area contributed by atoms with E-state index in [0.717, 1.165) is 16.8 Å². The van der Waals surface area contributed by atoms with Crippen LogP contribution in [0, 0.1) is 0 Å². The highest BCUT2D eigenvalue weighted by molar-refractivity contribution is 7.91. The molecule has 0 spiro atoms. The van der Waals surface area contributed by atoms with Gasteiger partial charge in [-0.1, -0.05) is 19.1 Å². The van der Waals surface area contributed by atoms with Crippen molar-refractivity contribution in [1.29, 1.82) is 0 Å². The molecule has 1 heterocycles. The van der Waals surface area contributed by atoms with Crippen molar-refractivity contribution < 1.29 is 13.2 Å². The van der Waals surface area contributed by atoms with Crippen LogP contribution in [-0.4, -0.2) is 39.4 Å². The summed E-state index contributed by atoms with van der Waals surface area (Å²) in [4.78, 5) is 13.4. The summed E-state index contributed by atoms with van der Waals surface area (Å²) in [6.07, 6.45) is 1.64. The average molecular weight is 310 g/mol. The Hall–Kier alpha value is -1.40. The third-order valence-corrected chi connectivity index (χ3v) is 5.73. The second kappa shape index (κ2) is 5.77. The number of benzene rings is 1. The van der Waals surface area contributed by atoms with Gasteiger partial charge in [0.15, 0.2) is 9.84 Å². The van der Waals surface area contributed by atoms with E-state index < -0.39 is 15.1 Å². The number of carbonyl (C=O) groups is 1. The van der Waals surface area contributed by atoms with E-state index >= 15 is 0 Å². The van der Waals surface area contributed by atoms with Crippen LogP contribution in [0.15, 0.2) is 18.2 Å². The molecule has 2 unspecified atom stereocenters. The fourth-order valence-electron chi connectivity index (χ4n) is 2.71. The Kier molecular flexibility index (Phi) is 4.39. The number of anilines is 1. The summed E-state index contributed by atoms with van der Waals surface area (Å²) in [5.41, 5.74) is 2.78. The van der Waals surface area contributed by atoms with E-state index in [1.807, 2.05) is 25.1 Å². The van der Waals surface area contributed by atoms with Gasteiger partial charge in [-0.15, -0.1) is 0 Å². The molecule has 1 aromatic rings. The molecule has 1 N–H and O–H groups in total. The molecule has 21 heavy (non-hydrogen) atoms. The van der Waals surface area contributed by atoms with Crippen LogP contribution < -0.4 is 10.2 Å². The molecule has 0 fully saturated rings. The number of fused-ring (bicyclic) bond motifs is 1. The number of carbonyl (C=O) groups excluding carboxylic acids is 1. The molecule has 5 nitrogen and oxygen atoms in total. The van der Waals surface area contributed by atoms with Crippen LogP contribution in [0.1, 0.15) is 31.0 Å². The van der Waals surface area contributed by atoms with Gasteiger partial charge in [0, 0.05) is 25.0 Å². The van der Waals surface area contributed by atoms with Crippen molar-refractivity contribution in [3.8, 4) is 0 Å². The molecule has 0 bridgehead atoms. The van der Waals surface area contributed by atoms with Gasteiger partial charge in [-0.2, -0.15) is 0 Å². The summed E-state index contributed by atoms with van der Waals surface area (Å²) in [7, 11) is -1.39. The molecule has 1 aromatic carbocycles. The van der Waals surface area contributed by atoms with E-state index in [1.165, 1.54) is 6.26 Å². The van der Waals surface area contributed by atoms with Gasteiger partial charge in [0.1, 0.15) is 0 Å². The zero-order chi connectivity index (χ0) is 15.8. The highest BCUT2D eigenvalue weighted by atomic mass is 32.2. The van der Waals surface area contributed by atoms with E-state index in [-0.39, 0.29) is 11.9 Å². The van der Waals surface area contributed by atoms with Crippen molar-refractivity contribution in [2.45, 2.75) is 31.6 Å². The average Bonchev–Trinajstić information content (AvgIpc) is 2.69. The molecule has 116 valence electrons. The molecule has 0 saturated heterocycles. The van der Waals surface area contributed by atoms with Gasteiger partial charge >= 0.3 is 0 Å². The largest absolute Gasteiger partial charge is 0.315 e. The fourth-order valence-corrected chi connectivity index (χ4v) is 3.45. The van der Waals surface area contributed by atoms with Gasteiger partial charge in [0.2, 0.25) is 5.91 Å². The van der Waals surface area contributed by atoms with Crippen LogP contribution in [0.2, 0.25) is 0 Å². The zero-order valence-corrected chi connectivity index (χ0v) is 13.7. The molecule has 0 aliphatic carbocycles. The van der Waals surface area contributed by atoms with Gasteiger partial charge in [0.05, 0.1) is 11.7 Å². The summed E-state index contributed by atoms with van der Waals surface area (Å²) >= 11 is 0. The summed E-state index contributed by atoms with van der Waals surface area (Å²) in [6.45, 7) is 4.35. The van der Waals surface area contributed by atoms with Crippen LogP contribution in [0.3, 0.4) is 0 Å². The molecule has 1 amide bonds. The Morgan fingerprint density at radius 2 is 2.05 bits per heavy atom. The third kappa shape index (κ3) is 3.11. The van der Waals surface area contributed by atoms with E-state index in [0.29, 0.717) is 13.0 Å². The van der Waals surface area contributed by atoms with Crippen molar-refractivity contribution >= 4 is 21.4 Å². The van der Waals surface area contributed by atoms with Crippen molar-refractivity contribution in [3.05, 3.63) is 29.3 Å².